The van der Waals surface area contributed by atoms with E-state index in [-0.39, 0.29) is 5.97 Å². The van der Waals surface area contributed by atoms with Crippen molar-refractivity contribution in [2.45, 2.75) is 19.8 Å². The highest BCUT2D eigenvalue weighted by Crippen LogP contribution is 2.26. The summed E-state index contributed by atoms with van der Waals surface area (Å²) in [5, 5.41) is 4.72. The Hall–Kier alpha value is -2.46. The molecule has 5 heteroatoms. The molecule has 25 heavy (non-hydrogen) atoms. The summed E-state index contributed by atoms with van der Waals surface area (Å²) < 4.78 is 5.47. The van der Waals surface area contributed by atoms with E-state index in [1.807, 2.05) is 56.4 Å². The van der Waals surface area contributed by atoms with Crippen LogP contribution in [0.15, 0.2) is 42.5 Å². The number of hydrogen-bond acceptors (Lipinski definition) is 3. The molecule has 0 bridgehead atoms. The predicted octanol–water partition coefficient (Wildman–Crippen LogP) is 4.82. The lowest BCUT2D eigenvalue weighted by atomic mass is 10.1. The summed E-state index contributed by atoms with van der Waals surface area (Å²) in [6.45, 7) is 2.36. The largest absolute Gasteiger partial charge is 0.461 e. The number of hydrogen-bond donors (Lipinski definition) is 2. The first kappa shape index (κ1) is 17.4. The van der Waals surface area contributed by atoms with Gasteiger partial charge in [0.1, 0.15) is 5.69 Å². The summed E-state index contributed by atoms with van der Waals surface area (Å²) in [5.41, 5.74) is 4.55. The molecule has 0 aliphatic carbocycles. The number of aryl methyl sites for hydroxylation is 1. The number of carbonyl (C=O) groups is 1. The molecule has 0 aliphatic heterocycles. The van der Waals surface area contributed by atoms with Crippen molar-refractivity contribution < 1.29 is 9.53 Å². The van der Waals surface area contributed by atoms with Crippen molar-refractivity contribution in [3.63, 3.8) is 0 Å². The lowest BCUT2D eigenvalue weighted by molar-refractivity contribution is 0.0502. The molecule has 0 amide bonds. The second-order valence-electron chi connectivity index (χ2n) is 5.85. The monoisotopic (exact) mass is 356 g/mol. The van der Waals surface area contributed by atoms with Crippen molar-refractivity contribution in [2.75, 3.05) is 19.0 Å². The van der Waals surface area contributed by atoms with Gasteiger partial charge in [-0.15, -0.1) is 0 Å². The number of benzene rings is 2. The van der Waals surface area contributed by atoms with Crippen LogP contribution < -0.4 is 5.32 Å². The smallest absolute Gasteiger partial charge is 0.355 e. The molecule has 4 nitrogen and oxygen atoms in total. The normalized spacial score (nSPS) is 10.8. The minimum absolute atomic E-state index is 0.323. The lowest BCUT2D eigenvalue weighted by Crippen LogP contribution is -2.10. The third kappa shape index (κ3) is 3.80. The van der Waals surface area contributed by atoms with E-state index in [1.165, 1.54) is 0 Å². The molecule has 3 aromatic rings. The Labute approximate surface area is 152 Å². The van der Waals surface area contributed by atoms with Crippen LogP contribution >= 0.6 is 11.6 Å². The zero-order chi connectivity index (χ0) is 17.8. The fourth-order valence-corrected chi connectivity index (χ4v) is 3.11. The van der Waals surface area contributed by atoms with Gasteiger partial charge in [0.25, 0.3) is 0 Å². The molecule has 0 saturated heterocycles. The van der Waals surface area contributed by atoms with Gasteiger partial charge in [-0.25, -0.2) is 4.79 Å². The first-order valence-electron chi connectivity index (χ1n) is 8.36. The number of aromatic amines is 1. The lowest BCUT2D eigenvalue weighted by Gasteiger charge is -2.06. The number of H-pyrrole nitrogens is 1. The second-order valence-corrected chi connectivity index (χ2v) is 6.29. The van der Waals surface area contributed by atoms with E-state index in [0.29, 0.717) is 23.7 Å². The zero-order valence-corrected chi connectivity index (χ0v) is 15.1. The predicted molar refractivity (Wildman–Crippen MR) is 103 cm³/mol. The van der Waals surface area contributed by atoms with Crippen molar-refractivity contribution in [1.82, 2.24) is 4.98 Å². The molecule has 130 valence electrons. The Balaban J connectivity index is 1.69. The van der Waals surface area contributed by atoms with Gasteiger partial charge in [-0.1, -0.05) is 30.7 Å². The van der Waals surface area contributed by atoms with Crippen LogP contribution in [0.25, 0.3) is 10.9 Å². The van der Waals surface area contributed by atoms with Gasteiger partial charge >= 0.3 is 5.97 Å². The molecule has 0 radical (unpaired) electrons. The Bertz CT molecular complexity index is 885. The van der Waals surface area contributed by atoms with Gasteiger partial charge in [0.05, 0.1) is 6.61 Å². The van der Waals surface area contributed by atoms with Gasteiger partial charge in [-0.2, -0.15) is 0 Å². The fraction of sp³-hybridized carbons (Fsp3) is 0.250. The van der Waals surface area contributed by atoms with Crippen LogP contribution in [-0.2, 0) is 17.6 Å². The number of nitrogens with one attached hydrogen (secondary N) is 2. The first-order valence-corrected chi connectivity index (χ1v) is 8.74. The van der Waals surface area contributed by atoms with Gasteiger partial charge in [0, 0.05) is 35.1 Å². The summed E-state index contributed by atoms with van der Waals surface area (Å²) >= 11 is 6.07. The standard InChI is InChI=1S/C20H21ClN2O2/c1-3-16-17-12-14(21)6-9-18(17)23-19(16)20(24)25-11-10-13-4-7-15(22-2)8-5-13/h4-9,12,22-23H,3,10-11H2,1-2H3. The van der Waals surface area contributed by atoms with E-state index >= 15 is 0 Å². The Morgan fingerprint density at radius 1 is 1.20 bits per heavy atom. The minimum atomic E-state index is -0.323. The number of ether oxygens (including phenoxy) is 1. The maximum atomic E-state index is 12.5. The molecular formula is C20H21ClN2O2. The number of rotatable bonds is 6. The summed E-state index contributed by atoms with van der Waals surface area (Å²) in [4.78, 5) is 15.6. The average Bonchev–Trinajstić information content (AvgIpc) is 3.00. The average molecular weight is 357 g/mol. The molecule has 0 fully saturated rings. The number of aromatic nitrogens is 1. The third-order valence-electron chi connectivity index (χ3n) is 4.29. The van der Waals surface area contributed by atoms with Crippen LogP contribution in [0.2, 0.25) is 5.02 Å². The van der Waals surface area contributed by atoms with Gasteiger partial charge in [0.15, 0.2) is 0 Å². The van der Waals surface area contributed by atoms with Crippen molar-refractivity contribution >= 4 is 34.2 Å². The molecule has 1 aromatic heterocycles. The quantitative estimate of drug-likeness (QED) is 0.622. The summed E-state index contributed by atoms with van der Waals surface area (Å²) in [6.07, 6.45) is 1.42. The SMILES string of the molecule is CCc1c(C(=O)OCCc2ccc(NC)cc2)[nH]c2ccc(Cl)cc12. The third-order valence-corrected chi connectivity index (χ3v) is 4.53. The molecule has 0 spiro atoms. The minimum Gasteiger partial charge on any atom is -0.461 e. The summed E-state index contributed by atoms with van der Waals surface area (Å²) in [6, 6.07) is 13.7. The van der Waals surface area contributed by atoms with Crippen molar-refractivity contribution in [3.05, 3.63) is 64.3 Å². The molecule has 0 aliphatic rings. The topological polar surface area (TPSA) is 54.1 Å². The van der Waals surface area contributed by atoms with Crippen LogP contribution in [0.1, 0.15) is 28.5 Å². The molecule has 0 saturated carbocycles. The Morgan fingerprint density at radius 3 is 2.64 bits per heavy atom. The zero-order valence-electron chi connectivity index (χ0n) is 14.4. The van der Waals surface area contributed by atoms with Crippen molar-refractivity contribution in [1.29, 1.82) is 0 Å². The van der Waals surface area contributed by atoms with E-state index < -0.39 is 0 Å². The van der Waals surface area contributed by atoms with E-state index in [2.05, 4.69) is 10.3 Å². The number of fused-ring (bicyclic) bond motifs is 1. The van der Waals surface area contributed by atoms with E-state index in [9.17, 15) is 4.79 Å². The molecule has 0 unspecified atom stereocenters. The summed E-state index contributed by atoms with van der Waals surface area (Å²) in [7, 11) is 1.88. The van der Waals surface area contributed by atoms with Gasteiger partial charge < -0.3 is 15.0 Å². The number of anilines is 1. The molecule has 0 atom stereocenters. The van der Waals surface area contributed by atoms with Crippen molar-refractivity contribution in [2.24, 2.45) is 0 Å². The molecule has 3 rings (SSSR count). The second kappa shape index (κ2) is 7.62. The first-order chi connectivity index (χ1) is 12.1. The van der Waals surface area contributed by atoms with E-state index in [4.69, 9.17) is 16.3 Å². The maximum absolute atomic E-state index is 12.5. The van der Waals surface area contributed by atoms with Crippen molar-refractivity contribution in [3.8, 4) is 0 Å². The fourth-order valence-electron chi connectivity index (χ4n) is 2.93. The highest BCUT2D eigenvalue weighted by atomic mass is 35.5. The molecule has 2 aromatic carbocycles. The van der Waals surface area contributed by atoms with Crippen LogP contribution in [0.3, 0.4) is 0 Å². The van der Waals surface area contributed by atoms with Crippen LogP contribution in [0.5, 0.6) is 0 Å². The Kier molecular flexibility index (Phi) is 5.29. The number of esters is 1. The van der Waals surface area contributed by atoms with Crippen LogP contribution in [-0.4, -0.2) is 24.6 Å². The van der Waals surface area contributed by atoms with Gasteiger partial charge in [0.2, 0.25) is 0 Å². The number of halogens is 1. The van der Waals surface area contributed by atoms with Crippen LogP contribution in [0, 0.1) is 0 Å². The van der Waals surface area contributed by atoms with E-state index in [0.717, 1.165) is 34.1 Å². The van der Waals surface area contributed by atoms with Gasteiger partial charge in [-0.05, 0) is 47.9 Å². The summed E-state index contributed by atoms with van der Waals surface area (Å²) in [5.74, 6) is -0.323. The molecule has 2 N–H and O–H groups in total. The molecular weight excluding hydrogens is 336 g/mol. The Morgan fingerprint density at radius 2 is 1.96 bits per heavy atom. The molecule has 1 heterocycles. The number of carbonyl (C=O) groups excluding carboxylic acids is 1. The maximum Gasteiger partial charge on any atom is 0.355 e. The van der Waals surface area contributed by atoms with Gasteiger partial charge in [-0.3, -0.25) is 0 Å². The van der Waals surface area contributed by atoms with Crippen LogP contribution in [0.4, 0.5) is 5.69 Å². The van der Waals surface area contributed by atoms with E-state index in [1.54, 1.807) is 0 Å². The highest BCUT2D eigenvalue weighted by molar-refractivity contribution is 6.31. The highest BCUT2D eigenvalue weighted by Gasteiger charge is 2.18.